The number of nitrogens with one attached hydrogen (secondary N) is 2. The Morgan fingerprint density at radius 1 is 1.18 bits per heavy atom. The van der Waals surface area contributed by atoms with Crippen molar-refractivity contribution in [3.63, 3.8) is 0 Å². The third-order valence-corrected chi connectivity index (χ3v) is 7.52. The van der Waals surface area contributed by atoms with E-state index in [9.17, 15) is 31.5 Å². The minimum atomic E-state index is -4.56. The van der Waals surface area contributed by atoms with Crippen LogP contribution >= 0.6 is 0 Å². The molecule has 4 rings (SSSR count). The smallest absolute Gasteiger partial charge is 0.381 e. The second-order valence-electron chi connectivity index (χ2n) is 10.4. The van der Waals surface area contributed by atoms with Crippen LogP contribution in [0.25, 0.3) is 0 Å². The van der Waals surface area contributed by atoms with Crippen LogP contribution in [0, 0.1) is 6.92 Å². The Bertz CT molecular complexity index is 1260. The minimum absolute atomic E-state index is 0.0192. The van der Waals surface area contributed by atoms with Gasteiger partial charge >= 0.3 is 6.18 Å². The normalized spacial score (nSPS) is 21.4. The fraction of sp³-hybridized carbons (Fsp3) is 0.556. The van der Waals surface area contributed by atoms with Gasteiger partial charge in [0.2, 0.25) is 0 Å². The number of likely N-dealkylation sites (tertiary alicyclic amines) is 1. The van der Waals surface area contributed by atoms with E-state index in [1.54, 1.807) is 14.0 Å². The van der Waals surface area contributed by atoms with Gasteiger partial charge in [-0.3, -0.25) is 9.59 Å². The summed E-state index contributed by atoms with van der Waals surface area (Å²) in [5.74, 6) is -3.81. The summed E-state index contributed by atoms with van der Waals surface area (Å²) in [5.41, 5.74) is -1.07. The zero-order valence-electron chi connectivity index (χ0n) is 22.1. The molecule has 1 amide bonds. The lowest BCUT2D eigenvalue weighted by atomic mass is 9.97. The number of hydrogen-bond donors (Lipinski definition) is 2. The highest BCUT2D eigenvalue weighted by molar-refractivity contribution is 5.99. The monoisotopic (exact) mass is 556 g/mol. The molecule has 214 valence electrons. The van der Waals surface area contributed by atoms with E-state index < -0.39 is 47.8 Å². The van der Waals surface area contributed by atoms with Crippen molar-refractivity contribution in [2.45, 2.75) is 63.3 Å². The highest BCUT2D eigenvalue weighted by atomic mass is 19.4. The van der Waals surface area contributed by atoms with Gasteiger partial charge in [0.15, 0.2) is 0 Å². The van der Waals surface area contributed by atoms with Crippen molar-refractivity contribution in [1.82, 2.24) is 14.8 Å². The number of carbonyl (C=O) groups excluding carboxylic acids is 1. The summed E-state index contributed by atoms with van der Waals surface area (Å²) < 4.78 is 76.7. The summed E-state index contributed by atoms with van der Waals surface area (Å²) in [5, 5.41) is 5.45. The Labute approximate surface area is 223 Å². The van der Waals surface area contributed by atoms with Crippen molar-refractivity contribution in [3.05, 3.63) is 63.1 Å². The van der Waals surface area contributed by atoms with E-state index in [2.05, 4.69) is 10.6 Å². The van der Waals surface area contributed by atoms with Crippen LogP contribution in [0.4, 0.5) is 27.6 Å². The van der Waals surface area contributed by atoms with Crippen molar-refractivity contribution in [3.8, 4) is 0 Å². The Balaban J connectivity index is 1.68. The summed E-state index contributed by atoms with van der Waals surface area (Å²) in [6, 6.07) is 2.52. The van der Waals surface area contributed by atoms with Crippen LogP contribution in [-0.2, 0) is 10.9 Å². The van der Waals surface area contributed by atoms with Crippen LogP contribution in [-0.4, -0.2) is 60.7 Å². The summed E-state index contributed by atoms with van der Waals surface area (Å²) in [7, 11) is 1.59. The first-order chi connectivity index (χ1) is 18.3. The maximum atomic E-state index is 14.8. The molecule has 0 aliphatic carbocycles. The standard InChI is InChI=1S/C27H33F5N4O3/c1-16-19(5-4-6-21(16)27(30,31)32)17(2)33-25(38)20-14-36(18-8-11-39-12-9-18)24(37)13-22(20)34-23-7-10-35(3)15-26(23,28)29/h4-6,13-14,17-18,23,34H,7-12,15H2,1-3H3,(H,33,38). The number of hydrogen-bond acceptors (Lipinski definition) is 5. The lowest BCUT2D eigenvalue weighted by Crippen LogP contribution is -2.53. The molecule has 0 spiro atoms. The van der Waals surface area contributed by atoms with Crippen LogP contribution < -0.4 is 16.2 Å². The van der Waals surface area contributed by atoms with Gasteiger partial charge in [0.1, 0.15) is 0 Å². The fourth-order valence-corrected chi connectivity index (χ4v) is 5.35. The van der Waals surface area contributed by atoms with Crippen LogP contribution in [0.2, 0.25) is 0 Å². The predicted octanol–water partition coefficient (Wildman–Crippen LogP) is 4.77. The van der Waals surface area contributed by atoms with E-state index in [1.807, 2.05) is 0 Å². The number of alkyl halides is 5. The SMILES string of the molecule is Cc1c(C(C)NC(=O)c2cn(C3CCOCC3)c(=O)cc2NC2CCN(C)CC2(F)F)cccc1C(F)(F)F. The predicted molar refractivity (Wildman–Crippen MR) is 136 cm³/mol. The molecular formula is C27H33F5N4O3. The van der Waals surface area contributed by atoms with Crippen molar-refractivity contribution in [2.24, 2.45) is 0 Å². The third kappa shape index (κ3) is 6.43. The Morgan fingerprint density at radius 2 is 1.87 bits per heavy atom. The zero-order chi connectivity index (χ0) is 28.5. The highest BCUT2D eigenvalue weighted by Crippen LogP contribution is 2.35. The van der Waals surface area contributed by atoms with Gasteiger partial charge in [0, 0.05) is 38.1 Å². The van der Waals surface area contributed by atoms with E-state index in [4.69, 9.17) is 4.74 Å². The number of nitrogens with zero attached hydrogens (tertiary/aromatic N) is 2. The number of amides is 1. The Kier molecular flexibility index (Phi) is 8.36. The van der Waals surface area contributed by atoms with Crippen molar-refractivity contribution in [2.75, 3.05) is 38.7 Å². The van der Waals surface area contributed by atoms with Crippen LogP contribution in [0.15, 0.2) is 35.3 Å². The average Bonchev–Trinajstić information content (AvgIpc) is 2.85. The first kappa shape index (κ1) is 29.0. The first-order valence-electron chi connectivity index (χ1n) is 12.9. The molecule has 2 atom stereocenters. The molecular weight excluding hydrogens is 523 g/mol. The van der Waals surface area contributed by atoms with Gasteiger partial charge in [-0.2, -0.15) is 13.2 Å². The molecule has 0 radical (unpaired) electrons. The highest BCUT2D eigenvalue weighted by Gasteiger charge is 2.44. The third-order valence-electron chi connectivity index (χ3n) is 7.52. The van der Waals surface area contributed by atoms with E-state index >= 15 is 0 Å². The number of aromatic nitrogens is 1. The summed E-state index contributed by atoms with van der Waals surface area (Å²) in [6.07, 6.45) is -2.02. The molecule has 2 aliphatic rings. The van der Waals surface area contributed by atoms with E-state index in [-0.39, 0.29) is 34.8 Å². The van der Waals surface area contributed by atoms with E-state index in [1.165, 1.54) is 34.7 Å². The zero-order valence-corrected chi connectivity index (χ0v) is 22.1. The Hall–Kier alpha value is -2.99. The van der Waals surface area contributed by atoms with Crippen LogP contribution in [0.5, 0.6) is 0 Å². The maximum Gasteiger partial charge on any atom is 0.416 e. The topological polar surface area (TPSA) is 75.6 Å². The lowest BCUT2D eigenvalue weighted by molar-refractivity contribution is -0.138. The number of benzene rings is 1. The van der Waals surface area contributed by atoms with Gasteiger partial charge in [-0.15, -0.1) is 0 Å². The minimum Gasteiger partial charge on any atom is -0.381 e. The van der Waals surface area contributed by atoms with Gasteiger partial charge in [0.05, 0.1) is 35.4 Å². The number of pyridine rings is 1. The molecule has 1 aromatic carbocycles. The molecule has 12 heteroatoms. The molecule has 7 nitrogen and oxygen atoms in total. The molecule has 3 heterocycles. The molecule has 2 aliphatic heterocycles. The van der Waals surface area contributed by atoms with Gasteiger partial charge in [0.25, 0.3) is 17.4 Å². The van der Waals surface area contributed by atoms with Crippen molar-refractivity contribution < 1.29 is 31.5 Å². The molecule has 2 saturated heterocycles. The molecule has 0 saturated carbocycles. The summed E-state index contributed by atoms with van der Waals surface area (Å²) in [4.78, 5) is 28.1. The number of anilines is 1. The van der Waals surface area contributed by atoms with Gasteiger partial charge in [-0.05, 0) is 57.4 Å². The Morgan fingerprint density at radius 3 is 2.51 bits per heavy atom. The largest absolute Gasteiger partial charge is 0.416 e. The second kappa shape index (κ2) is 11.2. The molecule has 39 heavy (non-hydrogen) atoms. The van der Waals surface area contributed by atoms with Gasteiger partial charge < -0.3 is 24.8 Å². The number of halogens is 5. The molecule has 2 fully saturated rings. The number of ether oxygens (including phenoxy) is 1. The molecule has 2 unspecified atom stereocenters. The fourth-order valence-electron chi connectivity index (χ4n) is 5.35. The van der Waals surface area contributed by atoms with Crippen molar-refractivity contribution >= 4 is 11.6 Å². The lowest BCUT2D eigenvalue weighted by Gasteiger charge is -2.37. The van der Waals surface area contributed by atoms with Crippen molar-refractivity contribution in [1.29, 1.82) is 0 Å². The molecule has 0 bridgehead atoms. The maximum absolute atomic E-state index is 14.8. The van der Waals surface area contributed by atoms with Crippen LogP contribution in [0.1, 0.15) is 65.3 Å². The number of carbonyl (C=O) groups is 1. The summed E-state index contributed by atoms with van der Waals surface area (Å²) >= 11 is 0. The van der Waals surface area contributed by atoms with Gasteiger partial charge in [-0.25, -0.2) is 8.78 Å². The quantitative estimate of drug-likeness (QED) is 0.502. The average molecular weight is 557 g/mol. The van der Waals surface area contributed by atoms with Gasteiger partial charge in [-0.1, -0.05) is 12.1 Å². The molecule has 2 aromatic rings. The molecule has 2 N–H and O–H groups in total. The summed E-state index contributed by atoms with van der Waals surface area (Å²) in [6.45, 7) is 3.68. The second-order valence-corrected chi connectivity index (χ2v) is 10.4. The van der Waals surface area contributed by atoms with Crippen LogP contribution in [0.3, 0.4) is 0 Å². The number of rotatable bonds is 6. The van der Waals surface area contributed by atoms with E-state index in [0.29, 0.717) is 32.6 Å². The number of piperidine rings is 1. The van der Waals surface area contributed by atoms with E-state index in [0.717, 1.165) is 12.1 Å². The molecule has 1 aromatic heterocycles. The first-order valence-corrected chi connectivity index (χ1v) is 12.9.